The van der Waals surface area contributed by atoms with Gasteiger partial charge >= 0.3 is 0 Å². The molecule has 2 aromatic carbocycles. The molecule has 0 unspecified atom stereocenters. The van der Waals surface area contributed by atoms with Crippen molar-refractivity contribution in [2.24, 2.45) is 5.41 Å². The zero-order valence-electron chi connectivity index (χ0n) is 23.2. The molecule has 9 nitrogen and oxygen atoms in total. The molecule has 9 heteroatoms. The second-order valence-electron chi connectivity index (χ2n) is 10.4. The highest BCUT2D eigenvalue weighted by Gasteiger charge is 2.42. The molecule has 0 atom stereocenters. The minimum absolute atomic E-state index is 0.0145. The molecule has 5 rings (SSSR count). The van der Waals surface area contributed by atoms with Crippen LogP contribution in [0.25, 0.3) is 17.5 Å². The maximum atomic E-state index is 13.0. The number of benzene rings is 2. The zero-order valence-corrected chi connectivity index (χ0v) is 23.2. The molecule has 0 radical (unpaired) electrons. The maximum Gasteiger partial charge on any atom is 0.246 e. The van der Waals surface area contributed by atoms with Crippen LogP contribution in [0.5, 0.6) is 11.5 Å². The lowest BCUT2D eigenvalue weighted by atomic mass is 9.78. The molecule has 3 heterocycles. The Bertz CT molecular complexity index is 1340. The van der Waals surface area contributed by atoms with Gasteiger partial charge in [0.1, 0.15) is 11.5 Å². The molecule has 3 aromatic rings. The van der Waals surface area contributed by atoms with Crippen LogP contribution < -0.4 is 9.47 Å². The average molecular weight is 545 g/mol. The number of ether oxygens (including phenoxy) is 2. The van der Waals surface area contributed by atoms with E-state index >= 15 is 0 Å². The lowest BCUT2D eigenvalue weighted by molar-refractivity contribution is -0.132. The van der Waals surface area contributed by atoms with E-state index in [1.54, 1.807) is 13.2 Å². The Hall–Kier alpha value is -4.14. The third kappa shape index (κ3) is 6.35. The monoisotopic (exact) mass is 544 g/mol. The summed E-state index contributed by atoms with van der Waals surface area (Å²) in [5.74, 6) is 2.61. The first-order chi connectivity index (χ1) is 19.5. The van der Waals surface area contributed by atoms with Crippen molar-refractivity contribution >= 4 is 17.9 Å². The molecule has 2 aliphatic rings. The second-order valence-corrected chi connectivity index (χ2v) is 10.4. The molecule has 0 N–H and O–H groups in total. The topological polar surface area (TPSA) is 98.0 Å². The Morgan fingerprint density at radius 2 is 1.75 bits per heavy atom. The van der Waals surface area contributed by atoms with E-state index in [4.69, 9.17) is 14.0 Å². The minimum Gasteiger partial charge on any atom is -0.497 e. The smallest absolute Gasteiger partial charge is 0.246 e. The lowest BCUT2D eigenvalue weighted by Gasteiger charge is -2.39. The van der Waals surface area contributed by atoms with Crippen LogP contribution in [0.4, 0.5) is 0 Å². The van der Waals surface area contributed by atoms with Crippen molar-refractivity contribution in [2.75, 3.05) is 39.9 Å². The molecule has 210 valence electrons. The number of hydrogen-bond donors (Lipinski definition) is 0. The molecular weight excluding hydrogens is 508 g/mol. The highest BCUT2D eigenvalue weighted by atomic mass is 16.5. The quantitative estimate of drug-likeness (QED) is 0.362. The van der Waals surface area contributed by atoms with E-state index in [2.05, 4.69) is 10.1 Å². The van der Waals surface area contributed by atoms with Crippen LogP contribution in [0.2, 0.25) is 0 Å². The number of hydrogen-bond acceptors (Lipinski definition) is 7. The van der Waals surface area contributed by atoms with Crippen LogP contribution in [0, 0.1) is 5.41 Å². The summed E-state index contributed by atoms with van der Waals surface area (Å²) in [6.45, 7) is 5.42. The largest absolute Gasteiger partial charge is 0.497 e. The highest BCUT2D eigenvalue weighted by molar-refractivity contribution is 5.92. The first-order valence-corrected chi connectivity index (χ1v) is 13.9. The number of aromatic nitrogens is 2. The minimum atomic E-state index is 0.0145. The summed E-state index contributed by atoms with van der Waals surface area (Å²) < 4.78 is 16.2. The highest BCUT2D eigenvalue weighted by Crippen LogP contribution is 2.40. The number of nitrogens with zero attached hydrogens (tertiary/aromatic N) is 4. The van der Waals surface area contributed by atoms with Gasteiger partial charge in [0.25, 0.3) is 0 Å². The summed E-state index contributed by atoms with van der Waals surface area (Å²) in [5, 5.41) is 4.05. The van der Waals surface area contributed by atoms with Gasteiger partial charge in [-0.2, -0.15) is 4.98 Å². The van der Waals surface area contributed by atoms with Gasteiger partial charge in [0.15, 0.2) is 0 Å². The first-order valence-electron chi connectivity index (χ1n) is 13.9. The van der Waals surface area contributed by atoms with E-state index in [-0.39, 0.29) is 17.2 Å². The van der Waals surface area contributed by atoms with Gasteiger partial charge in [-0.05, 0) is 68.0 Å². The second kappa shape index (κ2) is 12.4. The normalized spacial score (nSPS) is 16.6. The molecule has 1 aromatic heterocycles. The van der Waals surface area contributed by atoms with Crippen LogP contribution in [0.3, 0.4) is 0 Å². The zero-order chi connectivity index (χ0) is 28.0. The summed E-state index contributed by atoms with van der Waals surface area (Å²) in [7, 11) is 1.62. The Morgan fingerprint density at radius 3 is 2.48 bits per heavy atom. The Morgan fingerprint density at radius 1 is 1.02 bits per heavy atom. The SMILES string of the molecule is CCOc1ccccc1/C=C/C(=O)N1CCC2(CC1)CCN(C(=O)CCc1nc(-c3ccc(OC)cc3)no1)C2. The molecule has 0 saturated carbocycles. The fourth-order valence-corrected chi connectivity index (χ4v) is 5.51. The van der Waals surface area contributed by atoms with E-state index in [0.717, 1.165) is 55.0 Å². The van der Waals surface area contributed by atoms with Crippen molar-refractivity contribution in [3.63, 3.8) is 0 Å². The van der Waals surface area contributed by atoms with Crippen molar-refractivity contribution in [1.82, 2.24) is 19.9 Å². The molecule has 2 aliphatic heterocycles. The summed E-state index contributed by atoms with van der Waals surface area (Å²) >= 11 is 0. The Balaban J connectivity index is 1.08. The van der Waals surface area contributed by atoms with Crippen LogP contribution in [0.1, 0.15) is 44.1 Å². The molecule has 1 spiro atoms. The third-order valence-corrected chi connectivity index (χ3v) is 7.92. The van der Waals surface area contributed by atoms with Crippen molar-refractivity contribution in [1.29, 1.82) is 0 Å². The number of piperidine rings is 1. The van der Waals surface area contributed by atoms with Crippen LogP contribution >= 0.6 is 0 Å². The van der Waals surface area contributed by atoms with Gasteiger partial charge < -0.3 is 23.8 Å². The van der Waals surface area contributed by atoms with E-state index in [1.165, 1.54) is 0 Å². The van der Waals surface area contributed by atoms with Crippen molar-refractivity contribution in [3.05, 3.63) is 66.1 Å². The summed E-state index contributed by atoms with van der Waals surface area (Å²) in [6.07, 6.45) is 6.99. The fourth-order valence-electron chi connectivity index (χ4n) is 5.51. The summed E-state index contributed by atoms with van der Waals surface area (Å²) in [4.78, 5) is 34.2. The summed E-state index contributed by atoms with van der Waals surface area (Å²) in [6, 6.07) is 15.2. The Labute approximate surface area is 234 Å². The van der Waals surface area contributed by atoms with Gasteiger partial charge in [0, 0.05) is 56.2 Å². The fraction of sp³-hybridized carbons (Fsp3) is 0.419. The molecule has 40 heavy (non-hydrogen) atoms. The standard InChI is InChI=1S/C31H36N4O5/c1-3-39-26-7-5-4-6-23(26)10-14-28(36)34-19-16-31(17-20-34)18-21-35(22-31)29(37)15-13-27-32-30(33-40-27)24-8-11-25(38-2)12-9-24/h4-12,14H,3,13,15-22H2,1-2H3/b14-10+. The Kier molecular flexibility index (Phi) is 8.48. The lowest BCUT2D eigenvalue weighted by Crippen LogP contribution is -2.44. The van der Waals surface area contributed by atoms with Gasteiger partial charge in [-0.3, -0.25) is 9.59 Å². The summed E-state index contributed by atoms with van der Waals surface area (Å²) in [5.41, 5.74) is 1.82. The molecule has 2 fully saturated rings. The van der Waals surface area contributed by atoms with Crippen LogP contribution in [0.15, 0.2) is 59.1 Å². The van der Waals surface area contributed by atoms with Gasteiger partial charge in [-0.1, -0.05) is 23.4 Å². The predicted octanol–water partition coefficient (Wildman–Crippen LogP) is 4.63. The molecule has 2 saturated heterocycles. The van der Waals surface area contributed by atoms with E-state index in [9.17, 15) is 9.59 Å². The van der Waals surface area contributed by atoms with Crippen molar-refractivity contribution < 1.29 is 23.6 Å². The maximum absolute atomic E-state index is 13.0. The van der Waals surface area contributed by atoms with Gasteiger partial charge in [-0.25, -0.2) is 0 Å². The van der Waals surface area contributed by atoms with Crippen molar-refractivity contribution in [3.8, 4) is 22.9 Å². The van der Waals surface area contributed by atoms with Crippen LogP contribution in [-0.4, -0.2) is 71.7 Å². The molecule has 0 aliphatic carbocycles. The molecule has 2 amide bonds. The number of carbonyl (C=O) groups excluding carboxylic acids is 2. The average Bonchev–Trinajstić information content (AvgIpc) is 3.64. The van der Waals surface area contributed by atoms with Crippen molar-refractivity contribution in [2.45, 2.75) is 39.0 Å². The first kappa shape index (κ1) is 27.4. The van der Waals surface area contributed by atoms with Gasteiger partial charge in [0.05, 0.1) is 13.7 Å². The van der Waals surface area contributed by atoms with Crippen LogP contribution in [-0.2, 0) is 16.0 Å². The molecular formula is C31H36N4O5. The third-order valence-electron chi connectivity index (χ3n) is 7.92. The van der Waals surface area contributed by atoms with Gasteiger partial charge in [0.2, 0.25) is 23.5 Å². The number of para-hydroxylation sites is 1. The number of rotatable bonds is 9. The van der Waals surface area contributed by atoms with Gasteiger partial charge in [-0.15, -0.1) is 0 Å². The number of likely N-dealkylation sites (tertiary alicyclic amines) is 2. The number of amides is 2. The molecule has 0 bridgehead atoms. The van der Waals surface area contributed by atoms with E-state index < -0.39 is 0 Å². The van der Waals surface area contributed by atoms with E-state index in [1.807, 2.05) is 71.3 Å². The van der Waals surface area contributed by atoms with E-state index in [0.29, 0.717) is 44.3 Å². The number of aryl methyl sites for hydroxylation is 1. The number of carbonyl (C=O) groups is 2. The predicted molar refractivity (Wildman–Crippen MR) is 151 cm³/mol. The number of methoxy groups -OCH3 is 1.